The number of halogens is 1. The van der Waals surface area contributed by atoms with Gasteiger partial charge in [-0.3, -0.25) is 14.0 Å². The summed E-state index contributed by atoms with van der Waals surface area (Å²) < 4.78 is 7.37. The summed E-state index contributed by atoms with van der Waals surface area (Å²) in [4.78, 5) is 30.7. The van der Waals surface area contributed by atoms with Gasteiger partial charge in [-0.2, -0.15) is 0 Å². The van der Waals surface area contributed by atoms with E-state index in [0.29, 0.717) is 35.7 Å². The number of H-pyrrole nitrogens is 1. The summed E-state index contributed by atoms with van der Waals surface area (Å²) >= 11 is 6.18. The molecule has 5 heterocycles. The summed E-state index contributed by atoms with van der Waals surface area (Å²) in [7, 11) is 0. The van der Waals surface area contributed by atoms with E-state index < -0.39 is 0 Å². The Bertz CT molecular complexity index is 1500. The van der Waals surface area contributed by atoms with E-state index in [2.05, 4.69) is 15.2 Å². The van der Waals surface area contributed by atoms with Gasteiger partial charge in [0.1, 0.15) is 5.82 Å². The fourth-order valence-corrected chi connectivity index (χ4v) is 5.46. The lowest BCUT2D eigenvalue weighted by molar-refractivity contribution is 0.0993. The van der Waals surface area contributed by atoms with Gasteiger partial charge < -0.3 is 14.6 Å². The van der Waals surface area contributed by atoms with Crippen molar-refractivity contribution in [2.75, 3.05) is 18.1 Å². The van der Waals surface area contributed by atoms with E-state index in [1.165, 1.54) is 0 Å². The fraction of sp³-hybridized carbons (Fsp3) is 0.273. The molecule has 31 heavy (non-hydrogen) atoms. The molecule has 0 saturated carbocycles. The third-order valence-corrected chi connectivity index (χ3v) is 6.91. The van der Waals surface area contributed by atoms with Gasteiger partial charge in [0.15, 0.2) is 0 Å². The SMILES string of the molecule is O=C1c2cc3[nH]c(=O)c4nnc(C5CCOC5)n4c3cc2C2Cc3cc(Cl)ccc3N12. The van der Waals surface area contributed by atoms with Gasteiger partial charge in [0.05, 0.1) is 23.7 Å². The highest BCUT2D eigenvalue weighted by molar-refractivity contribution is 6.30. The molecule has 2 atom stereocenters. The molecule has 1 amide bonds. The molecule has 4 aromatic rings. The molecule has 0 bridgehead atoms. The second-order valence-electron chi connectivity index (χ2n) is 8.36. The third kappa shape index (κ3) is 2.23. The van der Waals surface area contributed by atoms with Gasteiger partial charge in [0, 0.05) is 28.8 Å². The number of nitrogens with one attached hydrogen (secondary N) is 1. The number of hydrogen-bond donors (Lipinski definition) is 1. The lowest BCUT2D eigenvalue weighted by atomic mass is 9.99. The lowest BCUT2D eigenvalue weighted by Gasteiger charge is -2.16. The first-order valence-electron chi connectivity index (χ1n) is 10.2. The Labute approximate surface area is 180 Å². The maximum absolute atomic E-state index is 13.3. The maximum Gasteiger partial charge on any atom is 0.294 e. The number of hydrogen-bond acceptors (Lipinski definition) is 5. The first-order chi connectivity index (χ1) is 15.1. The van der Waals surface area contributed by atoms with Crippen molar-refractivity contribution >= 4 is 39.9 Å². The Morgan fingerprint density at radius 2 is 2.06 bits per heavy atom. The third-order valence-electron chi connectivity index (χ3n) is 6.68. The van der Waals surface area contributed by atoms with Crippen LogP contribution in [-0.2, 0) is 11.2 Å². The number of anilines is 1. The Morgan fingerprint density at radius 3 is 2.90 bits per heavy atom. The minimum absolute atomic E-state index is 0.0582. The molecule has 0 aliphatic carbocycles. The van der Waals surface area contributed by atoms with Gasteiger partial charge in [0.2, 0.25) is 5.65 Å². The molecule has 9 heteroatoms. The van der Waals surface area contributed by atoms with Crippen LogP contribution >= 0.6 is 11.6 Å². The smallest absolute Gasteiger partial charge is 0.294 e. The van der Waals surface area contributed by atoms with Gasteiger partial charge in [-0.15, -0.1) is 10.2 Å². The zero-order valence-electron chi connectivity index (χ0n) is 16.3. The van der Waals surface area contributed by atoms with Gasteiger partial charge in [-0.05, 0) is 54.3 Å². The number of carbonyl (C=O) groups excluding carboxylic acids is 1. The van der Waals surface area contributed by atoms with Crippen molar-refractivity contribution in [2.24, 2.45) is 0 Å². The van der Waals surface area contributed by atoms with Crippen LogP contribution in [0.4, 0.5) is 5.69 Å². The molecule has 1 N–H and O–H groups in total. The minimum atomic E-state index is -0.323. The first-order valence-corrected chi connectivity index (χ1v) is 10.6. The fourth-order valence-electron chi connectivity index (χ4n) is 5.26. The maximum atomic E-state index is 13.3. The minimum Gasteiger partial charge on any atom is -0.381 e. The highest BCUT2D eigenvalue weighted by Crippen LogP contribution is 2.48. The molecule has 2 unspecified atom stereocenters. The molecule has 7 rings (SSSR count). The van der Waals surface area contributed by atoms with Crippen molar-refractivity contribution in [1.82, 2.24) is 19.6 Å². The van der Waals surface area contributed by atoms with Crippen LogP contribution in [0.3, 0.4) is 0 Å². The van der Waals surface area contributed by atoms with Crippen LogP contribution in [0.5, 0.6) is 0 Å². The average Bonchev–Trinajstić information content (AvgIpc) is 3.52. The largest absolute Gasteiger partial charge is 0.381 e. The quantitative estimate of drug-likeness (QED) is 0.498. The van der Waals surface area contributed by atoms with Crippen LogP contribution < -0.4 is 10.5 Å². The molecule has 1 saturated heterocycles. The number of ether oxygens (including phenoxy) is 1. The number of aromatic nitrogens is 4. The molecular weight excluding hydrogens is 418 g/mol. The van der Waals surface area contributed by atoms with Crippen molar-refractivity contribution < 1.29 is 9.53 Å². The number of nitrogens with zero attached hydrogens (tertiary/aromatic N) is 4. The Morgan fingerprint density at radius 1 is 1.16 bits per heavy atom. The molecule has 1 fully saturated rings. The van der Waals surface area contributed by atoms with E-state index in [1.54, 1.807) is 6.07 Å². The molecule has 154 valence electrons. The molecule has 0 radical (unpaired) electrons. The topological polar surface area (TPSA) is 92.6 Å². The molecule has 2 aromatic carbocycles. The van der Waals surface area contributed by atoms with Crippen molar-refractivity contribution in [3.8, 4) is 0 Å². The van der Waals surface area contributed by atoms with Crippen LogP contribution in [0.1, 0.15) is 45.7 Å². The summed E-state index contributed by atoms with van der Waals surface area (Å²) in [5.74, 6) is 0.757. The molecule has 3 aliphatic heterocycles. The predicted octanol–water partition coefficient (Wildman–Crippen LogP) is 2.99. The summed E-state index contributed by atoms with van der Waals surface area (Å²) in [6.07, 6.45) is 1.54. The number of rotatable bonds is 1. The predicted molar refractivity (Wildman–Crippen MR) is 114 cm³/mol. The highest BCUT2D eigenvalue weighted by atomic mass is 35.5. The van der Waals surface area contributed by atoms with Gasteiger partial charge >= 0.3 is 0 Å². The number of aromatic amines is 1. The number of carbonyl (C=O) groups is 1. The standard InChI is InChI=1S/C22H16ClN5O3/c23-12-1-2-16-11(5-12)6-17-13-8-18-15(7-14(13)22(30)27(16)17)24-21(29)20-26-25-19(28(18)20)10-3-4-31-9-10/h1-2,5,7-8,10,17H,3-4,6,9H2,(H,24,29). The van der Waals surface area contributed by atoms with Crippen molar-refractivity contribution in [3.05, 3.63) is 68.2 Å². The van der Waals surface area contributed by atoms with E-state index in [9.17, 15) is 9.59 Å². The zero-order valence-corrected chi connectivity index (χ0v) is 17.0. The molecular formula is C22H16ClN5O3. The molecule has 0 spiro atoms. The second kappa shape index (κ2) is 5.93. The number of fused-ring (bicyclic) bond motifs is 8. The van der Waals surface area contributed by atoms with Crippen LogP contribution in [0, 0.1) is 0 Å². The Balaban J connectivity index is 1.48. The normalized spacial score (nSPS) is 21.8. The second-order valence-corrected chi connectivity index (χ2v) is 8.79. The van der Waals surface area contributed by atoms with E-state index in [4.69, 9.17) is 16.3 Å². The first kappa shape index (κ1) is 17.5. The van der Waals surface area contributed by atoms with Crippen molar-refractivity contribution in [1.29, 1.82) is 0 Å². The van der Waals surface area contributed by atoms with Gasteiger partial charge in [-0.25, -0.2) is 0 Å². The van der Waals surface area contributed by atoms with Gasteiger partial charge in [0.25, 0.3) is 11.5 Å². The molecule has 8 nitrogen and oxygen atoms in total. The Hall–Kier alpha value is -3.23. The highest BCUT2D eigenvalue weighted by Gasteiger charge is 2.43. The summed E-state index contributed by atoms with van der Waals surface area (Å²) in [6, 6.07) is 9.35. The van der Waals surface area contributed by atoms with Crippen LogP contribution in [-0.4, -0.2) is 38.7 Å². The van der Waals surface area contributed by atoms with Crippen molar-refractivity contribution in [2.45, 2.75) is 24.8 Å². The lowest BCUT2D eigenvalue weighted by Crippen LogP contribution is -2.23. The summed E-state index contributed by atoms with van der Waals surface area (Å²) in [5, 5.41) is 9.14. The summed E-state index contributed by atoms with van der Waals surface area (Å²) in [5.41, 5.74) is 4.86. The van der Waals surface area contributed by atoms with Crippen LogP contribution in [0.15, 0.2) is 35.1 Å². The molecule has 3 aliphatic rings. The number of benzene rings is 2. The molecule has 2 aromatic heterocycles. The Kier molecular flexibility index (Phi) is 3.34. The van der Waals surface area contributed by atoms with Crippen molar-refractivity contribution in [3.63, 3.8) is 0 Å². The van der Waals surface area contributed by atoms with E-state index in [1.807, 2.05) is 33.6 Å². The van der Waals surface area contributed by atoms with Gasteiger partial charge in [-0.1, -0.05) is 11.6 Å². The monoisotopic (exact) mass is 433 g/mol. The zero-order chi connectivity index (χ0) is 20.9. The van der Waals surface area contributed by atoms with Crippen LogP contribution in [0.2, 0.25) is 5.02 Å². The van der Waals surface area contributed by atoms with Crippen LogP contribution in [0.25, 0.3) is 16.7 Å². The summed E-state index contributed by atoms with van der Waals surface area (Å²) in [6.45, 7) is 1.23. The van der Waals surface area contributed by atoms with E-state index >= 15 is 0 Å². The van der Waals surface area contributed by atoms with E-state index in [0.717, 1.165) is 34.6 Å². The van der Waals surface area contributed by atoms with E-state index in [-0.39, 0.29) is 29.1 Å². The average molecular weight is 434 g/mol. The number of amides is 1.